The Morgan fingerprint density at radius 3 is 2.53 bits per heavy atom. The van der Waals surface area contributed by atoms with Crippen LogP contribution >= 0.6 is 11.8 Å². The van der Waals surface area contributed by atoms with Crippen LogP contribution in [0.4, 0.5) is 5.69 Å². The molecule has 1 nitrogen and oxygen atoms in total. The lowest BCUT2D eigenvalue weighted by molar-refractivity contribution is 0.754. The number of benzene rings is 2. The predicted molar refractivity (Wildman–Crippen MR) is 84.6 cm³/mol. The smallest absolute Gasteiger partial charge is 0.0736 e. The molecule has 0 bridgehead atoms. The van der Waals surface area contributed by atoms with E-state index in [1.165, 1.54) is 16.2 Å². The van der Waals surface area contributed by atoms with E-state index in [0.29, 0.717) is 5.92 Å². The molecule has 3 rings (SSSR count). The molecule has 0 saturated heterocycles. The number of rotatable bonds is 1. The number of fused-ring (bicyclic) bond motifs is 1. The lowest BCUT2D eigenvalue weighted by Gasteiger charge is -2.17. The summed E-state index contributed by atoms with van der Waals surface area (Å²) in [6, 6.07) is 19.3. The Balaban J connectivity index is 2.07. The standard InChI is InChI=1S/C17H17NS/c1-19-17-12-11-14(13-7-3-2-4-8-13)15-9-5-6-10-16(15)18-17/h2-10,14H,11-12H2,1H3. The molecule has 0 radical (unpaired) electrons. The highest BCUT2D eigenvalue weighted by molar-refractivity contribution is 8.13. The molecule has 0 amide bonds. The third-order valence-corrected chi connectivity index (χ3v) is 4.41. The van der Waals surface area contributed by atoms with Crippen LogP contribution in [0.15, 0.2) is 59.6 Å². The molecule has 0 fully saturated rings. The van der Waals surface area contributed by atoms with Crippen molar-refractivity contribution < 1.29 is 0 Å². The molecule has 2 heteroatoms. The van der Waals surface area contributed by atoms with Crippen LogP contribution in [0.5, 0.6) is 0 Å². The summed E-state index contributed by atoms with van der Waals surface area (Å²) in [6.45, 7) is 0. The van der Waals surface area contributed by atoms with Crippen molar-refractivity contribution in [3.8, 4) is 0 Å². The molecule has 1 aliphatic rings. The van der Waals surface area contributed by atoms with Crippen molar-refractivity contribution in [3.05, 3.63) is 65.7 Å². The van der Waals surface area contributed by atoms with Crippen molar-refractivity contribution in [2.45, 2.75) is 18.8 Å². The summed E-state index contributed by atoms with van der Waals surface area (Å²) in [5.41, 5.74) is 3.89. The van der Waals surface area contributed by atoms with Crippen LogP contribution in [0.3, 0.4) is 0 Å². The largest absolute Gasteiger partial charge is 0.246 e. The van der Waals surface area contributed by atoms with Gasteiger partial charge in [0, 0.05) is 5.92 Å². The number of para-hydroxylation sites is 1. The van der Waals surface area contributed by atoms with E-state index in [1.54, 1.807) is 11.8 Å². The summed E-state index contributed by atoms with van der Waals surface area (Å²) in [7, 11) is 0. The minimum absolute atomic E-state index is 0.464. The molecular formula is C17H17NS. The lowest BCUT2D eigenvalue weighted by atomic mass is 9.87. The van der Waals surface area contributed by atoms with Crippen LogP contribution in [0.1, 0.15) is 29.9 Å². The van der Waals surface area contributed by atoms with Crippen molar-refractivity contribution in [3.63, 3.8) is 0 Å². The monoisotopic (exact) mass is 267 g/mol. The Morgan fingerprint density at radius 1 is 1.00 bits per heavy atom. The van der Waals surface area contributed by atoms with Gasteiger partial charge in [-0.1, -0.05) is 48.5 Å². The molecule has 2 aromatic rings. The highest BCUT2D eigenvalue weighted by atomic mass is 32.2. The van der Waals surface area contributed by atoms with Crippen molar-refractivity contribution in [1.82, 2.24) is 0 Å². The van der Waals surface area contributed by atoms with Gasteiger partial charge < -0.3 is 0 Å². The van der Waals surface area contributed by atoms with Gasteiger partial charge in [0.1, 0.15) is 0 Å². The first-order chi connectivity index (χ1) is 9.38. The van der Waals surface area contributed by atoms with Crippen LogP contribution in [-0.2, 0) is 0 Å². The first kappa shape index (κ1) is 12.5. The number of thioether (sulfide) groups is 1. The molecule has 0 aromatic heterocycles. The maximum Gasteiger partial charge on any atom is 0.0736 e. The minimum atomic E-state index is 0.464. The van der Waals surface area contributed by atoms with Gasteiger partial charge in [0.05, 0.1) is 10.7 Å². The van der Waals surface area contributed by atoms with Crippen LogP contribution in [0, 0.1) is 0 Å². The second-order valence-corrected chi connectivity index (χ2v) is 5.65. The highest BCUT2D eigenvalue weighted by Crippen LogP contribution is 2.38. The third-order valence-electron chi connectivity index (χ3n) is 3.64. The van der Waals surface area contributed by atoms with Crippen LogP contribution < -0.4 is 0 Å². The molecule has 0 spiro atoms. The zero-order valence-corrected chi connectivity index (χ0v) is 11.9. The molecule has 1 heterocycles. The zero-order chi connectivity index (χ0) is 13.1. The lowest BCUT2D eigenvalue weighted by Crippen LogP contribution is -2.01. The maximum absolute atomic E-state index is 4.81. The molecule has 19 heavy (non-hydrogen) atoms. The second kappa shape index (κ2) is 5.62. The predicted octanol–water partition coefficient (Wildman–Crippen LogP) is 5.01. The molecular weight excluding hydrogens is 250 g/mol. The average Bonchev–Trinajstić information content (AvgIpc) is 2.67. The van der Waals surface area contributed by atoms with Gasteiger partial charge in [-0.15, -0.1) is 11.8 Å². The molecule has 0 N–H and O–H groups in total. The van der Waals surface area contributed by atoms with Gasteiger partial charge in [-0.3, -0.25) is 0 Å². The van der Waals surface area contributed by atoms with Crippen LogP contribution in [0.2, 0.25) is 0 Å². The van der Waals surface area contributed by atoms with E-state index in [0.717, 1.165) is 18.5 Å². The Hall–Kier alpha value is -1.54. The summed E-state index contributed by atoms with van der Waals surface area (Å²) in [4.78, 5) is 4.81. The van der Waals surface area contributed by atoms with Gasteiger partial charge in [-0.05, 0) is 36.3 Å². The first-order valence-electron chi connectivity index (χ1n) is 6.64. The fraction of sp³-hybridized carbons (Fsp3) is 0.235. The normalized spacial score (nSPS) is 18.4. The van der Waals surface area contributed by atoms with E-state index in [1.807, 2.05) is 0 Å². The van der Waals surface area contributed by atoms with E-state index in [4.69, 9.17) is 4.99 Å². The fourth-order valence-corrected chi connectivity index (χ4v) is 3.19. The van der Waals surface area contributed by atoms with E-state index in [9.17, 15) is 0 Å². The topological polar surface area (TPSA) is 12.4 Å². The van der Waals surface area contributed by atoms with Crippen LogP contribution in [-0.4, -0.2) is 11.3 Å². The summed E-state index contributed by atoms with van der Waals surface area (Å²) in [5.74, 6) is 0.464. The van der Waals surface area contributed by atoms with Gasteiger partial charge in [-0.2, -0.15) is 0 Å². The van der Waals surface area contributed by atoms with E-state index >= 15 is 0 Å². The molecule has 0 saturated carbocycles. The Kier molecular flexibility index (Phi) is 3.69. The average molecular weight is 267 g/mol. The van der Waals surface area contributed by atoms with Gasteiger partial charge >= 0.3 is 0 Å². The number of hydrogen-bond donors (Lipinski definition) is 0. The van der Waals surface area contributed by atoms with Gasteiger partial charge in [-0.25, -0.2) is 4.99 Å². The maximum atomic E-state index is 4.81. The Morgan fingerprint density at radius 2 is 1.74 bits per heavy atom. The van der Waals surface area contributed by atoms with Crippen LogP contribution in [0.25, 0.3) is 0 Å². The van der Waals surface area contributed by atoms with Crippen molar-refractivity contribution in [2.24, 2.45) is 4.99 Å². The van der Waals surface area contributed by atoms with E-state index in [2.05, 4.69) is 60.9 Å². The highest BCUT2D eigenvalue weighted by Gasteiger charge is 2.20. The zero-order valence-electron chi connectivity index (χ0n) is 11.0. The van der Waals surface area contributed by atoms with E-state index < -0.39 is 0 Å². The SMILES string of the molecule is CSC1=Nc2ccccc2C(c2ccccc2)CC1. The number of nitrogens with zero attached hydrogens (tertiary/aromatic N) is 1. The van der Waals surface area contributed by atoms with Gasteiger partial charge in [0.15, 0.2) is 0 Å². The minimum Gasteiger partial charge on any atom is -0.246 e. The molecule has 1 atom stereocenters. The summed E-state index contributed by atoms with van der Waals surface area (Å²) in [5, 5.41) is 1.24. The third kappa shape index (κ3) is 2.59. The summed E-state index contributed by atoms with van der Waals surface area (Å²) >= 11 is 1.77. The number of hydrogen-bond acceptors (Lipinski definition) is 2. The Bertz CT molecular complexity index is 589. The first-order valence-corrected chi connectivity index (χ1v) is 7.86. The molecule has 2 aromatic carbocycles. The number of aliphatic imine (C=N–C) groups is 1. The molecule has 96 valence electrons. The molecule has 0 aliphatic carbocycles. The summed E-state index contributed by atoms with van der Waals surface area (Å²) in [6.07, 6.45) is 4.32. The Labute approximate surface area is 118 Å². The van der Waals surface area contributed by atoms with Gasteiger partial charge in [0.2, 0.25) is 0 Å². The van der Waals surface area contributed by atoms with Crippen molar-refractivity contribution >= 4 is 22.5 Å². The second-order valence-electron chi connectivity index (χ2n) is 4.77. The van der Waals surface area contributed by atoms with E-state index in [-0.39, 0.29) is 0 Å². The van der Waals surface area contributed by atoms with Crippen molar-refractivity contribution in [1.29, 1.82) is 0 Å². The quantitative estimate of drug-likeness (QED) is 0.708. The summed E-state index contributed by atoms with van der Waals surface area (Å²) < 4.78 is 0. The molecule has 1 unspecified atom stereocenters. The fourth-order valence-electron chi connectivity index (χ4n) is 2.68. The van der Waals surface area contributed by atoms with Crippen molar-refractivity contribution in [2.75, 3.05) is 6.26 Å². The molecule has 1 aliphatic heterocycles. The van der Waals surface area contributed by atoms with Gasteiger partial charge in [0.25, 0.3) is 0 Å².